The molecule has 6 nitrogen and oxygen atoms in total. The first-order valence-electron chi connectivity index (χ1n) is 30.5. The van der Waals surface area contributed by atoms with Crippen LogP contribution in [-0.2, 0) is 28.6 Å². The Labute approximate surface area is 418 Å². The molecule has 6 heteroatoms. The number of rotatable bonds is 57. The number of ether oxygens (including phenoxy) is 3. The Kier molecular flexibility index (Phi) is 55.6. The maximum absolute atomic E-state index is 12.9. The van der Waals surface area contributed by atoms with Gasteiger partial charge >= 0.3 is 17.9 Å². The van der Waals surface area contributed by atoms with Crippen LogP contribution in [0.3, 0.4) is 0 Å². The molecule has 0 heterocycles. The Morgan fingerprint density at radius 2 is 0.403 bits per heavy atom. The van der Waals surface area contributed by atoms with Gasteiger partial charge in [0.15, 0.2) is 6.10 Å². The van der Waals surface area contributed by atoms with Gasteiger partial charge in [0.25, 0.3) is 0 Å². The Morgan fingerprint density at radius 3 is 0.597 bits per heavy atom. The lowest BCUT2D eigenvalue weighted by Gasteiger charge is -2.18. The van der Waals surface area contributed by atoms with Gasteiger partial charge in [0.2, 0.25) is 0 Å². The van der Waals surface area contributed by atoms with Crippen LogP contribution in [-0.4, -0.2) is 37.2 Å². The number of carbonyl (C=O) groups excluding carboxylic acids is 3. The summed E-state index contributed by atoms with van der Waals surface area (Å²) in [6, 6.07) is 0. The summed E-state index contributed by atoms with van der Waals surface area (Å²) < 4.78 is 16.9. The average molecular weight is 948 g/mol. The van der Waals surface area contributed by atoms with Crippen molar-refractivity contribution in [3.05, 3.63) is 0 Å². The summed E-state index contributed by atoms with van der Waals surface area (Å²) in [6.45, 7) is 6.70. The average Bonchev–Trinajstić information content (AvgIpc) is 3.33. The first kappa shape index (κ1) is 65.4. The quantitative estimate of drug-likeness (QED) is 0.0343. The highest BCUT2D eigenvalue weighted by Crippen LogP contribution is 2.18. The van der Waals surface area contributed by atoms with Gasteiger partial charge in [-0.25, -0.2) is 0 Å². The van der Waals surface area contributed by atoms with Crippen LogP contribution < -0.4 is 0 Å². The fourth-order valence-corrected chi connectivity index (χ4v) is 9.51. The van der Waals surface area contributed by atoms with E-state index in [2.05, 4.69) is 20.8 Å². The van der Waals surface area contributed by atoms with E-state index in [-0.39, 0.29) is 31.1 Å². The molecule has 0 aromatic heterocycles. The molecule has 0 rings (SSSR count). The molecule has 0 fully saturated rings. The van der Waals surface area contributed by atoms with Crippen molar-refractivity contribution in [3.8, 4) is 0 Å². The first-order chi connectivity index (χ1) is 33.0. The third kappa shape index (κ3) is 55.2. The molecule has 0 amide bonds. The van der Waals surface area contributed by atoms with Gasteiger partial charge in [-0.05, 0) is 19.3 Å². The highest BCUT2D eigenvalue weighted by atomic mass is 16.6. The minimum atomic E-state index is -0.761. The number of carbonyl (C=O) groups is 3. The lowest BCUT2D eigenvalue weighted by atomic mass is 10.0. The maximum atomic E-state index is 12.9. The van der Waals surface area contributed by atoms with Crippen molar-refractivity contribution in [1.82, 2.24) is 0 Å². The maximum Gasteiger partial charge on any atom is 0.306 e. The molecular formula is C61H118O6. The lowest BCUT2D eigenvalue weighted by Crippen LogP contribution is -2.30. The minimum Gasteiger partial charge on any atom is -0.462 e. The van der Waals surface area contributed by atoms with Crippen LogP contribution in [0, 0.1) is 0 Å². The largest absolute Gasteiger partial charge is 0.462 e. The first-order valence-corrected chi connectivity index (χ1v) is 30.5. The summed E-state index contributed by atoms with van der Waals surface area (Å²) in [5.74, 6) is -0.832. The molecule has 0 radical (unpaired) electrons. The SMILES string of the molecule is CCCCCCCCCCCCCCCCCCCCCCCC(=O)OCC(COC(=O)CCCCCCCCCCCC)OC(=O)CCCCCCCCCCCCCCCCCCCC. The number of unbranched alkanes of at least 4 members (excludes halogenated alkanes) is 46. The predicted octanol–water partition coefficient (Wildman–Crippen LogP) is 20.3. The standard InChI is InChI=1S/C61H118O6/c1-4-7-10-13-16-19-22-24-26-28-30-31-32-34-35-37-39-42-45-48-51-54-60(63)66-57-58(56-65-59(62)53-50-47-44-41-21-18-15-12-9-6-3)67-61(64)55-52-49-46-43-40-38-36-33-29-27-25-23-20-17-14-11-8-5-2/h58H,4-57H2,1-3H3. The fraction of sp³-hybridized carbons (Fsp3) is 0.951. The topological polar surface area (TPSA) is 78.9 Å². The Hall–Kier alpha value is -1.59. The van der Waals surface area contributed by atoms with Crippen molar-refractivity contribution in [2.75, 3.05) is 13.2 Å². The number of hydrogen-bond acceptors (Lipinski definition) is 6. The summed E-state index contributed by atoms with van der Waals surface area (Å²) in [5.41, 5.74) is 0. The number of esters is 3. The molecule has 0 aliphatic carbocycles. The molecule has 1 atom stereocenters. The van der Waals surface area contributed by atoms with Crippen molar-refractivity contribution in [2.45, 2.75) is 361 Å². The van der Waals surface area contributed by atoms with Gasteiger partial charge in [0.05, 0.1) is 0 Å². The molecule has 0 aromatic rings. The summed E-state index contributed by atoms with van der Waals surface area (Å²) in [4.78, 5) is 38.1. The van der Waals surface area contributed by atoms with Crippen molar-refractivity contribution >= 4 is 17.9 Å². The molecule has 0 spiro atoms. The summed E-state index contributed by atoms with van der Waals surface area (Å²) >= 11 is 0. The van der Waals surface area contributed by atoms with E-state index >= 15 is 0 Å². The van der Waals surface area contributed by atoms with E-state index in [0.717, 1.165) is 57.8 Å². The van der Waals surface area contributed by atoms with E-state index in [4.69, 9.17) is 14.2 Å². The smallest absolute Gasteiger partial charge is 0.306 e. The zero-order valence-corrected chi connectivity index (χ0v) is 45.7. The second kappa shape index (κ2) is 57.0. The van der Waals surface area contributed by atoms with Crippen molar-refractivity contribution in [3.63, 3.8) is 0 Å². The molecule has 0 saturated carbocycles. The van der Waals surface area contributed by atoms with Crippen LogP contribution in [0.1, 0.15) is 355 Å². The van der Waals surface area contributed by atoms with E-state index in [1.54, 1.807) is 0 Å². The molecule has 0 aliphatic rings. The minimum absolute atomic E-state index is 0.0610. The second-order valence-corrected chi connectivity index (χ2v) is 21.0. The molecule has 0 bridgehead atoms. The van der Waals surface area contributed by atoms with Crippen LogP contribution in [0.25, 0.3) is 0 Å². The Bertz CT molecular complexity index is 998. The van der Waals surface area contributed by atoms with Gasteiger partial charge < -0.3 is 14.2 Å². The third-order valence-electron chi connectivity index (χ3n) is 14.1. The lowest BCUT2D eigenvalue weighted by molar-refractivity contribution is -0.167. The Morgan fingerprint density at radius 1 is 0.239 bits per heavy atom. The van der Waals surface area contributed by atoms with E-state index < -0.39 is 6.10 Å². The highest BCUT2D eigenvalue weighted by molar-refractivity contribution is 5.71. The summed E-state index contributed by atoms with van der Waals surface area (Å²) in [7, 11) is 0. The summed E-state index contributed by atoms with van der Waals surface area (Å²) in [6.07, 6.45) is 63.9. The molecule has 0 saturated heterocycles. The van der Waals surface area contributed by atoms with Gasteiger partial charge in [0.1, 0.15) is 13.2 Å². The highest BCUT2D eigenvalue weighted by Gasteiger charge is 2.19. The molecule has 398 valence electrons. The van der Waals surface area contributed by atoms with Gasteiger partial charge in [-0.1, -0.05) is 316 Å². The van der Waals surface area contributed by atoms with E-state index in [9.17, 15) is 14.4 Å². The molecule has 0 N–H and O–H groups in total. The molecular weight excluding hydrogens is 829 g/mol. The van der Waals surface area contributed by atoms with Crippen LogP contribution in [0.4, 0.5) is 0 Å². The van der Waals surface area contributed by atoms with E-state index in [1.165, 1.54) is 257 Å². The fourth-order valence-electron chi connectivity index (χ4n) is 9.51. The van der Waals surface area contributed by atoms with Crippen LogP contribution >= 0.6 is 0 Å². The van der Waals surface area contributed by atoms with Crippen molar-refractivity contribution < 1.29 is 28.6 Å². The van der Waals surface area contributed by atoms with Crippen LogP contribution in [0.5, 0.6) is 0 Å². The summed E-state index contributed by atoms with van der Waals surface area (Å²) in [5, 5.41) is 0. The zero-order chi connectivity index (χ0) is 48.6. The van der Waals surface area contributed by atoms with Crippen LogP contribution in [0.2, 0.25) is 0 Å². The van der Waals surface area contributed by atoms with E-state index in [1.807, 2.05) is 0 Å². The Balaban J connectivity index is 4.19. The normalized spacial score (nSPS) is 11.9. The monoisotopic (exact) mass is 947 g/mol. The molecule has 0 aromatic carbocycles. The van der Waals surface area contributed by atoms with Crippen LogP contribution in [0.15, 0.2) is 0 Å². The zero-order valence-electron chi connectivity index (χ0n) is 45.7. The third-order valence-corrected chi connectivity index (χ3v) is 14.1. The van der Waals surface area contributed by atoms with Crippen molar-refractivity contribution in [2.24, 2.45) is 0 Å². The van der Waals surface area contributed by atoms with Gasteiger partial charge in [-0.15, -0.1) is 0 Å². The molecule has 0 aliphatic heterocycles. The van der Waals surface area contributed by atoms with E-state index in [0.29, 0.717) is 19.3 Å². The van der Waals surface area contributed by atoms with Gasteiger partial charge in [0, 0.05) is 19.3 Å². The molecule has 1 unspecified atom stereocenters. The van der Waals surface area contributed by atoms with Gasteiger partial charge in [-0.3, -0.25) is 14.4 Å². The van der Waals surface area contributed by atoms with Crippen molar-refractivity contribution in [1.29, 1.82) is 0 Å². The number of hydrogen-bond donors (Lipinski definition) is 0. The molecule has 67 heavy (non-hydrogen) atoms. The van der Waals surface area contributed by atoms with Gasteiger partial charge in [-0.2, -0.15) is 0 Å². The predicted molar refractivity (Wildman–Crippen MR) is 289 cm³/mol. The second-order valence-electron chi connectivity index (χ2n) is 21.0.